The molecule has 0 bridgehead atoms. The molecule has 2 rings (SSSR count). The van der Waals surface area contributed by atoms with Crippen LogP contribution in [0.5, 0.6) is 0 Å². The molecule has 0 spiro atoms. The van der Waals surface area contributed by atoms with Gasteiger partial charge < -0.3 is 0 Å². The fraction of sp³-hybridized carbons (Fsp3) is 0.154. The normalized spacial score (nSPS) is 11.8. The third-order valence-electron chi connectivity index (χ3n) is 2.53. The molecule has 116 valence electrons. The van der Waals surface area contributed by atoms with Crippen LogP contribution in [-0.4, -0.2) is 21.9 Å². The number of aromatic nitrogens is 2. The maximum Gasteiger partial charge on any atom is 0.435 e. The van der Waals surface area contributed by atoms with Gasteiger partial charge in [0.15, 0.2) is 5.69 Å². The summed E-state index contributed by atoms with van der Waals surface area (Å²) in [6.07, 6.45) is -2.02. The molecule has 0 fully saturated rings. The second-order valence-corrected chi connectivity index (χ2v) is 5.07. The smallest absolute Gasteiger partial charge is 0.271 e. The Morgan fingerprint density at radius 3 is 2.73 bits per heavy atom. The lowest BCUT2D eigenvalue weighted by molar-refractivity contribution is -0.141. The number of amides is 1. The minimum atomic E-state index is -4.53. The van der Waals surface area contributed by atoms with E-state index in [2.05, 4.69) is 31.6 Å². The van der Waals surface area contributed by atoms with E-state index in [0.29, 0.717) is 0 Å². The van der Waals surface area contributed by atoms with Crippen molar-refractivity contribution in [2.45, 2.75) is 12.7 Å². The highest BCUT2D eigenvalue weighted by Crippen LogP contribution is 2.27. The van der Waals surface area contributed by atoms with Crippen molar-refractivity contribution < 1.29 is 18.0 Å². The van der Waals surface area contributed by atoms with E-state index in [-0.39, 0.29) is 6.54 Å². The minimum Gasteiger partial charge on any atom is -0.271 e. The molecular formula is C13H10BrF3N4O. The van der Waals surface area contributed by atoms with Gasteiger partial charge in [-0.25, -0.2) is 5.43 Å². The highest BCUT2D eigenvalue weighted by Gasteiger charge is 2.33. The second kappa shape index (κ2) is 6.73. The second-order valence-electron chi connectivity index (χ2n) is 4.21. The SMILES string of the molecule is O=C(Cn1ccc(C(F)(F)F)n1)NN=Cc1ccccc1Br. The van der Waals surface area contributed by atoms with E-state index in [4.69, 9.17) is 0 Å². The molecule has 0 radical (unpaired) electrons. The number of rotatable bonds is 4. The average molecular weight is 375 g/mol. The number of hydrazone groups is 1. The van der Waals surface area contributed by atoms with E-state index in [0.717, 1.165) is 27.0 Å². The Bertz CT molecular complexity index is 697. The lowest BCUT2D eigenvalue weighted by Gasteiger charge is -2.02. The largest absolute Gasteiger partial charge is 0.435 e. The summed E-state index contributed by atoms with van der Waals surface area (Å²) in [6, 6.07) is 8.03. The van der Waals surface area contributed by atoms with Gasteiger partial charge in [-0.1, -0.05) is 34.1 Å². The van der Waals surface area contributed by atoms with Crippen molar-refractivity contribution in [2.24, 2.45) is 5.10 Å². The molecule has 0 aliphatic carbocycles. The Labute approximate surface area is 131 Å². The summed E-state index contributed by atoms with van der Waals surface area (Å²) < 4.78 is 38.8. The molecule has 0 aliphatic rings. The fourth-order valence-electron chi connectivity index (χ4n) is 1.54. The number of hydrogen-bond donors (Lipinski definition) is 1. The Morgan fingerprint density at radius 2 is 2.09 bits per heavy atom. The van der Waals surface area contributed by atoms with E-state index in [9.17, 15) is 18.0 Å². The highest BCUT2D eigenvalue weighted by atomic mass is 79.9. The van der Waals surface area contributed by atoms with E-state index >= 15 is 0 Å². The first-order valence-corrected chi connectivity index (χ1v) is 6.82. The molecule has 9 heteroatoms. The van der Waals surface area contributed by atoms with Crippen LogP contribution in [0, 0.1) is 0 Å². The van der Waals surface area contributed by atoms with Gasteiger partial charge >= 0.3 is 6.18 Å². The number of carbonyl (C=O) groups is 1. The van der Waals surface area contributed by atoms with Crippen LogP contribution in [0.3, 0.4) is 0 Å². The molecule has 0 saturated carbocycles. The minimum absolute atomic E-state index is 0.358. The zero-order chi connectivity index (χ0) is 16.2. The van der Waals surface area contributed by atoms with Crippen molar-refractivity contribution in [3.63, 3.8) is 0 Å². The summed E-state index contributed by atoms with van der Waals surface area (Å²) in [4.78, 5) is 11.6. The van der Waals surface area contributed by atoms with Crippen molar-refractivity contribution in [3.8, 4) is 0 Å². The molecule has 1 N–H and O–H groups in total. The van der Waals surface area contributed by atoms with Gasteiger partial charge in [-0.05, 0) is 12.1 Å². The Kier molecular flexibility index (Phi) is 4.96. The van der Waals surface area contributed by atoms with Crippen LogP contribution in [0.25, 0.3) is 0 Å². The molecular weight excluding hydrogens is 365 g/mol. The number of nitrogens with one attached hydrogen (secondary N) is 1. The van der Waals surface area contributed by atoms with Crippen molar-refractivity contribution in [2.75, 3.05) is 0 Å². The van der Waals surface area contributed by atoms with Gasteiger partial charge in [0.1, 0.15) is 6.54 Å². The van der Waals surface area contributed by atoms with Crippen LogP contribution >= 0.6 is 15.9 Å². The summed E-state index contributed by atoms with van der Waals surface area (Å²) in [5, 5.41) is 7.01. The molecule has 1 aromatic heterocycles. The van der Waals surface area contributed by atoms with Gasteiger partial charge in [0, 0.05) is 16.2 Å². The Morgan fingerprint density at radius 1 is 1.36 bits per heavy atom. The van der Waals surface area contributed by atoms with Crippen molar-refractivity contribution in [1.29, 1.82) is 0 Å². The Balaban J connectivity index is 1.91. The average Bonchev–Trinajstić information content (AvgIpc) is 2.89. The predicted octanol–water partition coefficient (Wildman–Crippen LogP) is 2.81. The summed E-state index contributed by atoms with van der Waals surface area (Å²) >= 11 is 3.31. The third-order valence-corrected chi connectivity index (χ3v) is 3.26. The number of carbonyl (C=O) groups excluding carboxylic acids is 1. The maximum absolute atomic E-state index is 12.4. The summed E-state index contributed by atoms with van der Waals surface area (Å²) in [5.41, 5.74) is 1.93. The Hall–Kier alpha value is -2.16. The molecule has 1 heterocycles. The van der Waals surface area contributed by atoms with E-state index < -0.39 is 17.8 Å². The predicted molar refractivity (Wildman–Crippen MR) is 77.1 cm³/mol. The van der Waals surface area contributed by atoms with Gasteiger partial charge in [-0.2, -0.15) is 23.4 Å². The van der Waals surface area contributed by atoms with Crippen LogP contribution < -0.4 is 5.43 Å². The van der Waals surface area contributed by atoms with Gasteiger partial charge in [-0.3, -0.25) is 9.48 Å². The number of halogens is 4. The molecule has 22 heavy (non-hydrogen) atoms. The summed E-state index contributed by atoms with van der Waals surface area (Å²) in [5.74, 6) is -0.583. The van der Waals surface area contributed by atoms with Crippen molar-refractivity contribution >= 4 is 28.1 Å². The van der Waals surface area contributed by atoms with Gasteiger partial charge in [-0.15, -0.1) is 0 Å². The zero-order valence-electron chi connectivity index (χ0n) is 11.0. The quantitative estimate of drug-likeness (QED) is 0.660. The number of benzene rings is 1. The maximum atomic E-state index is 12.4. The lowest BCUT2D eigenvalue weighted by atomic mass is 10.2. The van der Waals surface area contributed by atoms with E-state index in [1.54, 1.807) is 12.1 Å². The summed E-state index contributed by atoms with van der Waals surface area (Å²) in [7, 11) is 0. The molecule has 1 amide bonds. The van der Waals surface area contributed by atoms with Gasteiger partial charge in [0.25, 0.3) is 5.91 Å². The summed E-state index contributed by atoms with van der Waals surface area (Å²) in [6.45, 7) is -0.358. The highest BCUT2D eigenvalue weighted by molar-refractivity contribution is 9.10. The third kappa shape index (κ3) is 4.42. The van der Waals surface area contributed by atoms with E-state index in [1.165, 1.54) is 6.21 Å². The molecule has 0 unspecified atom stereocenters. The first-order valence-electron chi connectivity index (χ1n) is 6.03. The van der Waals surface area contributed by atoms with Crippen LogP contribution in [0.4, 0.5) is 13.2 Å². The topological polar surface area (TPSA) is 59.3 Å². The van der Waals surface area contributed by atoms with E-state index in [1.807, 2.05) is 12.1 Å². The number of nitrogens with zero attached hydrogens (tertiary/aromatic N) is 3. The fourth-order valence-corrected chi connectivity index (χ4v) is 1.92. The molecule has 1 aromatic carbocycles. The molecule has 5 nitrogen and oxygen atoms in total. The van der Waals surface area contributed by atoms with Crippen LogP contribution in [0.1, 0.15) is 11.3 Å². The van der Waals surface area contributed by atoms with Crippen molar-refractivity contribution in [3.05, 3.63) is 52.3 Å². The first-order chi connectivity index (χ1) is 10.4. The molecule has 0 atom stereocenters. The molecule has 2 aromatic rings. The monoisotopic (exact) mass is 374 g/mol. The molecule has 0 aliphatic heterocycles. The van der Waals surface area contributed by atoms with Crippen LogP contribution in [0.15, 0.2) is 46.1 Å². The molecule has 0 saturated heterocycles. The van der Waals surface area contributed by atoms with Gasteiger partial charge in [0.05, 0.1) is 6.21 Å². The number of hydrogen-bond acceptors (Lipinski definition) is 3. The van der Waals surface area contributed by atoms with Crippen molar-refractivity contribution in [1.82, 2.24) is 15.2 Å². The van der Waals surface area contributed by atoms with Crippen LogP contribution in [0.2, 0.25) is 0 Å². The lowest BCUT2D eigenvalue weighted by Crippen LogP contribution is -2.23. The standard InChI is InChI=1S/C13H10BrF3N4O/c14-10-4-2-1-3-9(10)7-18-19-12(22)8-21-6-5-11(20-21)13(15,16)17/h1-7H,8H2,(H,19,22). The number of alkyl halides is 3. The first kappa shape index (κ1) is 16.2. The van der Waals surface area contributed by atoms with Crippen LogP contribution in [-0.2, 0) is 17.5 Å². The van der Waals surface area contributed by atoms with Gasteiger partial charge in [0.2, 0.25) is 0 Å². The zero-order valence-corrected chi connectivity index (χ0v) is 12.6.